The maximum absolute atomic E-state index is 11.1. The SMILES string of the molecule is [CH2]C(C(=O)OCC)C(C)C(=O)OC. The Morgan fingerprint density at radius 1 is 1.38 bits per heavy atom. The highest BCUT2D eigenvalue weighted by Gasteiger charge is 2.27. The summed E-state index contributed by atoms with van der Waals surface area (Å²) in [5.74, 6) is -2.19. The van der Waals surface area contributed by atoms with E-state index in [2.05, 4.69) is 11.7 Å². The first-order valence-corrected chi connectivity index (χ1v) is 4.12. The summed E-state index contributed by atoms with van der Waals surface area (Å²) < 4.78 is 9.18. The van der Waals surface area contributed by atoms with Crippen LogP contribution in [0, 0.1) is 18.8 Å². The van der Waals surface area contributed by atoms with Crippen LogP contribution in [0.2, 0.25) is 0 Å². The molecule has 0 rings (SSSR count). The predicted molar refractivity (Wildman–Crippen MR) is 46.7 cm³/mol. The summed E-state index contributed by atoms with van der Waals surface area (Å²) >= 11 is 0. The van der Waals surface area contributed by atoms with Gasteiger partial charge < -0.3 is 9.47 Å². The molecule has 0 aromatic heterocycles. The largest absolute Gasteiger partial charge is 0.469 e. The molecule has 0 saturated carbocycles. The van der Waals surface area contributed by atoms with Gasteiger partial charge in [-0.1, -0.05) is 6.92 Å². The average molecular weight is 187 g/mol. The van der Waals surface area contributed by atoms with Crippen molar-refractivity contribution in [2.24, 2.45) is 11.8 Å². The van der Waals surface area contributed by atoms with Gasteiger partial charge in [0, 0.05) is 0 Å². The van der Waals surface area contributed by atoms with Crippen LogP contribution in [0.4, 0.5) is 0 Å². The molecule has 1 radical (unpaired) electrons. The van der Waals surface area contributed by atoms with Crippen molar-refractivity contribution in [3.63, 3.8) is 0 Å². The Hall–Kier alpha value is -1.06. The first-order valence-electron chi connectivity index (χ1n) is 4.12. The Kier molecular flexibility index (Phi) is 5.11. The van der Waals surface area contributed by atoms with Crippen LogP contribution in [-0.4, -0.2) is 25.7 Å². The van der Waals surface area contributed by atoms with Crippen LogP contribution in [0.15, 0.2) is 0 Å². The van der Waals surface area contributed by atoms with Crippen molar-refractivity contribution in [1.29, 1.82) is 0 Å². The van der Waals surface area contributed by atoms with Crippen LogP contribution in [0.3, 0.4) is 0 Å². The van der Waals surface area contributed by atoms with Gasteiger partial charge in [-0.2, -0.15) is 0 Å². The van der Waals surface area contributed by atoms with E-state index in [0.717, 1.165) is 0 Å². The smallest absolute Gasteiger partial charge is 0.309 e. The summed E-state index contributed by atoms with van der Waals surface area (Å²) in [4.78, 5) is 22.1. The lowest BCUT2D eigenvalue weighted by atomic mass is 9.96. The van der Waals surface area contributed by atoms with Gasteiger partial charge in [0.15, 0.2) is 0 Å². The monoisotopic (exact) mass is 187 g/mol. The number of carbonyl (C=O) groups excluding carboxylic acids is 2. The molecule has 75 valence electrons. The molecule has 0 aromatic carbocycles. The third-order valence-corrected chi connectivity index (χ3v) is 1.77. The fraction of sp³-hybridized carbons (Fsp3) is 0.667. The second-order valence-corrected chi connectivity index (χ2v) is 2.67. The molecule has 2 unspecified atom stereocenters. The Bertz CT molecular complexity index is 188. The number of carbonyl (C=O) groups is 2. The standard InChI is InChI=1S/C9H15O4/c1-5-13-9(11)7(3)6(2)8(10)12-4/h6-7H,3,5H2,1-2,4H3. The molecule has 0 aliphatic heterocycles. The molecule has 4 nitrogen and oxygen atoms in total. The maximum Gasteiger partial charge on any atom is 0.309 e. The van der Waals surface area contributed by atoms with Gasteiger partial charge in [0.25, 0.3) is 0 Å². The van der Waals surface area contributed by atoms with Crippen molar-refractivity contribution < 1.29 is 19.1 Å². The maximum atomic E-state index is 11.1. The minimum Gasteiger partial charge on any atom is -0.469 e. The van der Waals surface area contributed by atoms with Crippen molar-refractivity contribution >= 4 is 11.9 Å². The lowest BCUT2D eigenvalue weighted by Gasteiger charge is -2.15. The quantitative estimate of drug-likeness (QED) is 0.611. The van der Waals surface area contributed by atoms with Gasteiger partial charge >= 0.3 is 11.9 Å². The molecule has 0 spiro atoms. The van der Waals surface area contributed by atoms with E-state index in [4.69, 9.17) is 4.74 Å². The number of methoxy groups -OCH3 is 1. The van der Waals surface area contributed by atoms with Crippen LogP contribution in [-0.2, 0) is 19.1 Å². The zero-order valence-corrected chi connectivity index (χ0v) is 8.20. The minimum absolute atomic E-state index is 0.290. The molecule has 0 aliphatic rings. The molecule has 13 heavy (non-hydrogen) atoms. The molecule has 2 atom stereocenters. The van der Waals surface area contributed by atoms with E-state index in [1.165, 1.54) is 7.11 Å². The minimum atomic E-state index is -0.701. The van der Waals surface area contributed by atoms with E-state index >= 15 is 0 Å². The van der Waals surface area contributed by atoms with Crippen molar-refractivity contribution in [3.05, 3.63) is 6.92 Å². The van der Waals surface area contributed by atoms with Gasteiger partial charge in [0.2, 0.25) is 0 Å². The van der Waals surface area contributed by atoms with Gasteiger partial charge in [-0.05, 0) is 13.8 Å². The fourth-order valence-corrected chi connectivity index (χ4v) is 0.804. The average Bonchev–Trinajstić information content (AvgIpc) is 2.14. The van der Waals surface area contributed by atoms with Crippen molar-refractivity contribution in [1.82, 2.24) is 0 Å². The van der Waals surface area contributed by atoms with Gasteiger partial charge in [-0.25, -0.2) is 0 Å². The lowest BCUT2D eigenvalue weighted by Crippen LogP contribution is -2.28. The Morgan fingerprint density at radius 2 is 1.92 bits per heavy atom. The lowest BCUT2D eigenvalue weighted by molar-refractivity contribution is -0.156. The number of esters is 2. The molecule has 0 N–H and O–H groups in total. The van der Waals surface area contributed by atoms with Crippen LogP contribution >= 0.6 is 0 Å². The second kappa shape index (κ2) is 5.56. The summed E-state index contributed by atoms with van der Waals surface area (Å²) in [5.41, 5.74) is 0. The molecule has 0 amide bonds. The number of hydrogen-bond donors (Lipinski definition) is 0. The molecule has 0 fully saturated rings. The predicted octanol–water partition coefficient (Wildman–Crippen LogP) is 0.809. The fourth-order valence-electron chi connectivity index (χ4n) is 0.804. The van der Waals surface area contributed by atoms with Crippen LogP contribution in [0.5, 0.6) is 0 Å². The Morgan fingerprint density at radius 3 is 2.31 bits per heavy atom. The summed E-state index contributed by atoms with van der Waals surface area (Å²) in [7, 11) is 1.27. The van der Waals surface area contributed by atoms with E-state index in [0.29, 0.717) is 6.61 Å². The third kappa shape index (κ3) is 3.44. The number of rotatable bonds is 4. The molecule has 0 aromatic rings. The first-order chi connectivity index (χ1) is 6.04. The second-order valence-electron chi connectivity index (χ2n) is 2.67. The molecular weight excluding hydrogens is 172 g/mol. The topological polar surface area (TPSA) is 52.6 Å². The van der Waals surface area contributed by atoms with Crippen LogP contribution in [0.25, 0.3) is 0 Å². The van der Waals surface area contributed by atoms with Gasteiger partial charge in [-0.3, -0.25) is 9.59 Å². The van der Waals surface area contributed by atoms with E-state index in [1.807, 2.05) is 0 Å². The number of ether oxygens (including phenoxy) is 2. The normalized spacial score (nSPS) is 14.5. The summed E-state index contributed by atoms with van der Waals surface area (Å²) in [6, 6.07) is 0. The van der Waals surface area contributed by atoms with Crippen molar-refractivity contribution in [2.75, 3.05) is 13.7 Å². The summed E-state index contributed by atoms with van der Waals surface area (Å²) in [6.45, 7) is 7.13. The number of hydrogen-bond acceptors (Lipinski definition) is 4. The van der Waals surface area contributed by atoms with Crippen molar-refractivity contribution in [2.45, 2.75) is 13.8 Å². The third-order valence-electron chi connectivity index (χ3n) is 1.77. The zero-order valence-electron chi connectivity index (χ0n) is 8.20. The van der Waals surface area contributed by atoms with Gasteiger partial charge in [0.1, 0.15) is 0 Å². The van der Waals surface area contributed by atoms with Crippen LogP contribution < -0.4 is 0 Å². The zero-order chi connectivity index (χ0) is 10.4. The highest BCUT2D eigenvalue weighted by atomic mass is 16.5. The molecule has 0 saturated heterocycles. The Labute approximate surface area is 78.2 Å². The molecule has 4 heteroatoms. The Balaban J connectivity index is 4.16. The highest BCUT2D eigenvalue weighted by molar-refractivity contribution is 5.82. The molecule has 0 heterocycles. The van der Waals surface area contributed by atoms with E-state index < -0.39 is 23.8 Å². The molecule has 0 aliphatic carbocycles. The van der Waals surface area contributed by atoms with Gasteiger partial charge in [0.05, 0.1) is 25.6 Å². The summed E-state index contributed by atoms with van der Waals surface area (Å²) in [6.07, 6.45) is 0. The van der Waals surface area contributed by atoms with E-state index in [-0.39, 0.29) is 0 Å². The molecular formula is C9H15O4. The summed E-state index contributed by atoms with van der Waals surface area (Å²) in [5, 5.41) is 0. The van der Waals surface area contributed by atoms with E-state index in [1.54, 1.807) is 13.8 Å². The first kappa shape index (κ1) is 11.9. The van der Waals surface area contributed by atoms with Crippen molar-refractivity contribution in [3.8, 4) is 0 Å². The molecule has 0 bridgehead atoms. The van der Waals surface area contributed by atoms with E-state index in [9.17, 15) is 9.59 Å². The van der Waals surface area contributed by atoms with Gasteiger partial charge in [-0.15, -0.1) is 0 Å². The highest BCUT2D eigenvalue weighted by Crippen LogP contribution is 2.13. The van der Waals surface area contributed by atoms with Crippen LogP contribution in [0.1, 0.15) is 13.8 Å².